The highest BCUT2D eigenvalue weighted by molar-refractivity contribution is 6.17. The van der Waals surface area contributed by atoms with Gasteiger partial charge in [-0.3, -0.25) is 14.8 Å². The van der Waals surface area contributed by atoms with Gasteiger partial charge in [0.25, 0.3) is 0 Å². The van der Waals surface area contributed by atoms with Gasteiger partial charge in [0.2, 0.25) is 0 Å². The number of hydrogen-bond acceptors (Lipinski definition) is 4. The second kappa shape index (κ2) is 15.2. The van der Waals surface area contributed by atoms with Gasteiger partial charge in [-0.05, 0) is 56.9 Å². The van der Waals surface area contributed by atoms with E-state index in [1.807, 2.05) is 18.7 Å². The van der Waals surface area contributed by atoms with Crippen molar-refractivity contribution in [1.82, 2.24) is 19.4 Å². The fourth-order valence-corrected chi connectivity index (χ4v) is 6.46. The van der Waals surface area contributed by atoms with Crippen molar-refractivity contribution in [1.29, 1.82) is 0 Å². The molecule has 196 valence electrons. The average molecular weight is 502 g/mol. The largest absolute Gasteiger partial charge is 0.333 e. The average Bonchev–Trinajstić information content (AvgIpc) is 3.53. The second-order valence-electron chi connectivity index (χ2n) is 11.2. The SMILES string of the molecule is ClCCCN(CC1=CCC=N1)CC1CCCCC1.c1ncn2c1CN(CC1CCCCC1)CCC2. The first-order chi connectivity index (χ1) is 17.3. The summed E-state index contributed by atoms with van der Waals surface area (Å²) in [5, 5.41) is 0. The summed E-state index contributed by atoms with van der Waals surface area (Å²) in [4.78, 5) is 13.9. The van der Waals surface area contributed by atoms with Crippen molar-refractivity contribution in [3.8, 4) is 0 Å². The highest BCUT2D eigenvalue weighted by Gasteiger charge is 2.20. The van der Waals surface area contributed by atoms with Gasteiger partial charge >= 0.3 is 0 Å². The van der Waals surface area contributed by atoms with Gasteiger partial charge in [-0.2, -0.15) is 0 Å². The van der Waals surface area contributed by atoms with Crippen LogP contribution in [0, 0.1) is 11.8 Å². The fraction of sp³-hybridized carbons (Fsp3) is 0.793. The fourth-order valence-electron chi connectivity index (χ4n) is 6.34. The summed E-state index contributed by atoms with van der Waals surface area (Å²) in [6.07, 6.45) is 26.1. The molecule has 0 bridgehead atoms. The minimum absolute atomic E-state index is 0.767. The molecule has 2 fully saturated rings. The van der Waals surface area contributed by atoms with Crippen molar-refractivity contribution in [2.24, 2.45) is 16.8 Å². The molecule has 0 unspecified atom stereocenters. The predicted molar refractivity (Wildman–Crippen MR) is 148 cm³/mol. The molecule has 2 aliphatic heterocycles. The maximum absolute atomic E-state index is 5.83. The molecular weight excluding hydrogens is 454 g/mol. The van der Waals surface area contributed by atoms with Crippen LogP contribution in [0.25, 0.3) is 0 Å². The Bertz CT molecular complexity index is 776. The van der Waals surface area contributed by atoms with Crippen molar-refractivity contribution < 1.29 is 0 Å². The number of fused-ring (bicyclic) bond motifs is 1. The number of imidazole rings is 1. The van der Waals surface area contributed by atoms with Crippen LogP contribution in [0.3, 0.4) is 0 Å². The number of nitrogens with zero attached hydrogens (tertiary/aromatic N) is 5. The molecule has 0 saturated heterocycles. The number of allylic oxidation sites excluding steroid dienone is 1. The second-order valence-corrected chi connectivity index (χ2v) is 11.6. The molecule has 0 N–H and O–H groups in total. The summed E-state index contributed by atoms with van der Waals surface area (Å²) in [5.74, 6) is 2.63. The lowest BCUT2D eigenvalue weighted by Crippen LogP contribution is -2.33. The molecule has 1 aromatic heterocycles. The zero-order valence-corrected chi connectivity index (χ0v) is 22.7. The molecule has 5 rings (SSSR count). The molecule has 5 nitrogen and oxygen atoms in total. The monoisotopic (exact) mass is 501 g/mol. The minimum atomic E-state index is 0.767. The zero-order chi connectivity index (χ0) is 24.1. The summed E-state index contributed by atoms with van der Waals surface area (Å²) in [5.41, 5.74) is 2.65. The molecule has 2 saturated carbocycles. The van der Waals surface area contributed by atoms with Gasteiger partial charge in [0.15, 0.2) is 0 Å². The van der Waals surface area contributed by atoms with E-state index in [4.69, 9.17) is 11.6 Å². The van der Waals surface area contributed by atoms with Crippen molar-refractivity contribution in [2.45, 2.75) is 96.6 Å². The third kappa shape index (κ3) is 9.33. The molecule has 0 amide bonds. The van der Waals surface area contributed by atoms with Crippen LogP contribution < -0.4 is 0 Å². The Morgan fingerprint density at radius 2 is 1.71 bits per heavy atom. The topological polar surface area (TPSA) is 36.7 Å². The van der Waals surface area contributed by atoms with Crippen LogP contribution in [0.1, 0.15) is 89.2 Å². The van der Waals surface area contributed by atoms with Crippen LogP contribution in [0.5, 0.6) is 0 Å². The van der Waals surface area contributed by atoms with Crippen LogP contribution in [-0.4, -0.2) is 64.2 Å². The first-order valence-corrected chi connectivity index (χ1v) is 15.0. The van der Waals surface area contributed by atoms with Crippen molar-refractivity contribution in [2.75, 3.05) is 38.6 Å². The number of aromatic nitrogens is 2. The molecule has 1 aromatic rings. The number of rotatable bonds is 9. The summed E-state index contributed by atoms with van der Waals surface area (Å²) in [6, 6.07) is 0. The van der Waals surface area contributed by atoms with Gasteiger partial charge in [-0.1, -0.05) is 44.6 Å². The van der Waals surface area contributed by atoms with E-state index in [1.54, 1.807) is 0 Å². The third-order valence-electron chi connectivity index (χ3n) is 8.25. The Kier molecular flexibility index (Phi) is 11.6. The molecule has 0 aromatic carbocycles. The first kappa shape index (κ1) is 26.9. The highest BCUT2D eigenvalue weighted by Crippen LogP contribution is 2.26. The van der Waals surface area contributed by atoms with E-state index in [0.29, 0.717) is 0 Å². The van der Waals surface area contributed by atoms with E-state index in [9.17, 15) is 0 Å². The quantitative estimate of drug-likeness (QED) is 0.361. The molecule has 2 aliphatic carbocycles. The third-order valence-corrected chi connectivity index (χ3v) is 8.52. The maximum atomic E-state index is 5.83. The maximum Gasteiger partial charge on any atom is 0.0948 e. The normalized spacial score (nSPS) is 21.9. The Hall–Kier alpha value is -1.17. The molecule has 0 atom stereocenters. The van der Waals surface area contributed by atoms with Crippen LogP contribution in [-0.2, 0) is 13.1 Å². The van der Waals surface area contributed by atoms with Crippen molar-refractivity contribution in [3.63, 3.8) is 0 Å². The molecule has 4 aliphatic rings. The summed E-state index contributed by atoms with van der Waals surface area (Å²) in [7, 11) is 0. The van der Waals surface area contributed by atoms with E-state index in [-0.39, 0.29) is 0 Å². The van der Waals surface area contributed by atoms with E-state index in [2.05, 4.69) is 30.4 Å². The molecule has 0 radical (unpaired) electrons. The van der Waals surface area contributed by atoms with Gasteiger partial charge < -0.3 is 4.57 Å². The highest BCUT2D eigenvalue weighted by atomic mass is 35.5. The first-order valence-electron chi connectivity index (χ1n) is 14.5. The van der Waals surface area contributed by atoms with Gasteiger partial charge in [0.1, 0.15) is 0 Å². The lowest BCUT2D eigenvalue weighted by atomic mass is 9.89. The van der Waals surface area contributed by atoms with Crippen LogP contribution >= 0.6 is 11.6 Å². The Morgan fingerprint density at radius 3 is 2.43 bits per heavy atom. The minimum Gasteiger partial charge on any atom is -0.333 e. The summed E-state index contributed by atoms with van der Waals surface area (Å²) in [6.45, 7) is 8.21. The number of alkyl halides is 1. The van der Waals surface area contributed by atoms with Gasteiger partial charge in [0.05, 0.1) is 17.7 Å². The summed E-state index contributed by atoms with van der Waals surface area (Å²) >= 11 is 5.83. The van der Waals surface area contributed by atoms with Gasteiger partial charge in [0, 0.05) is 64.0 Å². The zero-order valence-electron chi connectivity index (χ0n) is 21.9. The molecule has 6 heteroatoms. The molecular formula is C29H48ClN5. The van der Waals surface area contributed by atoms with E-state index in [1.165, 1.54) is 102 Å². The lowest BCUT2D eigenvalue weighted by molar-refractivity contribution is 0.196. The molecule has 35 heavy (non-hydrogen) atoms. The predicted octanol–water partition coefficient (Wildman–Crippen LogP) is 6.53. The number of hydrogen-bond donors (Lipinski definition) is 0. The van der Waals surface area contributed by atoms with E-state index in [0.717, 1.165) is 56.7 Å². The Morgan fingerprint density at radius 1 is 0.943 bits per heavy atom. The van der Waals surface area contributed by atoms with Gasteiger partial charge in [-0.15, -0.1) is 11.6 Å². The number of aryl methyl sites for hydroxylation is 1. The standard InChI is InChI=1S/C15H25ClN2.C14H23N3/c16-9-5-11-18(13-15-8-4-10-17-15)12-14-6-2-1-3-7-14;1-2-5-13(6-3-1)10-16-7-4-8-17-12-15-9-14(17)11-16/h8,10,14H,1-7,9,11-13H2;9,12-13H,1-8,10-11H2. The molecule has 0 spiro atoms. The van der Waals surface area contributed by atoms with Crippen LogP contribution in [0.2, 0.25) is 0 Å². The summed E-state index contributed by atoms with van der Waals surface area (Å²) < 4.78 is 2.32. The van der Waals surface area contributed by atoms with E-state index >= 15 is 0 Å². The van der Waals surface area contributed by atoms with Crippen LogP contribution in [0.15, 0.2) is 29.3 Å². The Labute approximate surface area is 219 Å². The Balaban J connectivity index is 0.000000165. The lowest BCUT2D eigenvalue weighted by Gasteiger charge is -2.29. The van der Waals surface area contributed by atoms with Crippen LogP contribution in [0.4, 0.5) is 0 Å². The van der Waals surface area contributed by atoms with E-state index < -0.39 is 0 Å². The number of halogens is 1. The van der Waals surface area contributed by atoms with Crippen molar-refractivity contribution in [3.05, 3.63) is 30.0 Å². The van der Waals surface area contributed by atoms with Gasteiger partial charge in [-0.25, -0.2) is 4.98 Å². The van der Waals surface area contributed by atoms with Crippen molar-refractivity contribution >= 4 is 17.8 Å². The molecule has 3 heterocycles. The smallest absolute Gasteiger partial charge is 0.0948 e. The number of aliphatic imine (C=N–C) groups is 1.